The van der Waals surface area contributed by atoms with E-state index in [1.165, 1.54) is 5.56 Å². The summed E-state index contributed by atoms with van der Waals surface area (Å²) >= 11 is 0. The first-order valence-corrected chi connectivity index (χ1v) is 6.49. The van der Waals surface area contributed by atoms with Crippen molar-refractivity contribution >= 4 is 11.6 Å². The molecule has 0 saturated carbocycles. The highest BCUT2D eigenvalue weighted by Crippen LogP contribution is 2.27. The Morgan fingerprint density at radius 3 is 2.94 bits per heavy atom. The van der Waals surface area contributed by atoms with Crippen LogP contribution in [0.4, 0.5) is 5.69 Å². The Kier molecular flexibility index (Phi) is 2.96. The number of benzene rings is 1. The van der Waals surface area contributed by atoms with E-state index in [0.29, 0.717) is 13.1 Å². The van der Waals surface area contributed by atoms with Gasteiger partial charge < -0.3 is 15.3 Å². The topological polar surface area (TPSA) is 52.6 Å². The van der Waals surface area contributed by atoms with Crippen molar-refractivity contribution in [1.29, 1.82) is 0 Å². The maximum absolute atomic E-state index is 12.3. The van der Waals surface area contributed by atoms with E-state index in [1.807, 2.05) is 17.0 Å². The van der Waals surface area contributed by atoms with Crippen molar-refractivity contribution in [1.82, 2.24) is 4.90 Å². The smallest absolute Gasteiger partial charge is 0.227 e. The molecule has 4 nitrogen and oxygen atoms in total. The monoisotopic (exact) mass is 246 g/mol. The van der Waals surface area contributed by atoms with Gasteiger partial charge in [-0.05, 0) is 18.1 Å². The lowest BCUT2D eigenvalue weighted by molar-refractivity contribution is -0.142. The number of fused-ring (bicyclic) bond motifs is 1. The standard InChI is InChI=1S/C14H18N2O2/c17-9-10-7-16(8-10)14(18)12-5-11-3-1-2-4-13(11)15-6-12/h1-4,10,12,15,17H,5-9H2. The fourth-order valence-corrected chi connectivity index (χ4v) is 2.74. The van der Waals surface area contributed by atoms with Crippen LogP contribution in [0.2, 0.25) is 0 Å². The Labute approximate surface area is 107 Å². The Balaban J connectivity index is 1.64. The second-order valence-corrected chi connectivity index (χ2v) is 5.23. The number of amides is 1. The maximum atomic E-state index is 12.3. The van der Waals surface area contributed by atoms with Gasteiger partial charge in [-0.3, -0.25) is 4.79 Å². The molecule has 96 valence electrons. The molecule has 1 fully saturated rings. The van der Waals surface area contributed by atoms with Crippen molar-refractivity contribution in [2.24, 2.45) is 11.8 Å². The van der Waals surface area contributed by atoms with Crippen molar-refractivity contribution in [3.05, 3.63) is 29.8 Å². The molecule has 18 heavy (non-hydrogen) atoms. The van der Waals surface area contributed by atoms with E-state index in [2.05, 4.69) is 17.4 Å². The molecular formula is C14H18N2O2. The van der Waals surface area contributed by atoms with E-state index in [4.69, 9.17) is 5.11 Å². The lowest BCUT2D eigenvalue weighted by atomic mass is 9.90. The molecule has 1 amide bonds. The Bertz CT molecular complexity index is 455. The van der Waals surface area contributed by atoms with Gasteiger partial charge in [-0.2, -0.15) is 0 Å². The van der Waals surface area contributed by atoms with E-state index in [0.717, 1.165) is 18.7 Å². The molecule has 1 saturated heterocycles. The number of hydrogen-bond acceptors (Lipinski definition) is 3. The summed E-state index contributed by atoms with van der Waals surface area (Å²) in [4.78, 5) is 14.1. The molecule has 0 aromatic heterocycles. The third kappa shape index (κ3) is 1.97. The zero-order valence-electron chi connectivity index (χ0n) is 10.3. The van der Waals surface area contributed by atoms with E-state index >= 15 is 0 Å². The average molecular weight is 246 g/mol. The number of carbonyl (C=O) groups is 1. The van der Waals surface area contributed by atoms with E-state index in [9.17, 15) is 4.79 Å². The van der Waals surface area contributed by atoms with Crippen LogP contribution in [-0.2, 0) is 11.2 Å². The molecule has 2 aliphatic rings. The number of nitrogens with zero attached hydrogens (tertiary/aromatic N) is 1. The minimum Gasteiger partial charge on any atom is -0.396 e. The first kappa shape index (κ1) is 11.5. The summed E-state index contributed by atoms with van der Waals surface area (Å²) in [5.41, 5.74) is 2.37. The third-order valence-corrected chi connectivity index (χ3v) is 3.90. The predicted octanol–water partition coefficient (Wildman–Crippen LogP) is 0.722. The Morgan fingerprint density at radius 2 is 2.17 bits per heavy atom. The van der Waals surface area contributed by atoms with Crippen molar-refractivity contribution in [2.45, 2.75) is 6.42 Å². The van der Waals surface area contributed by atoms with Crippen molar-refractivity contribution in [3.63, 3.8) is 0 Å². The summed E-state index contributed by atoms with van der Waals surface area (Å²) in [6, 6.07) is 8.16. The van der Waals surface area contributed by atoms with Gasteiger partial charge in [0.15, 0.2) is 0 Å². The van der Waals surface area contributed by atoms with E-state index < -0.39 is 0 Å². The van der Waals surface area contributed by atoms with Gasteiger partial charge in [0.1, 0.15) is 0 Å². The zero-order valence-corrected chi connectivity index (χ0v) is 10.3. The van der Waals surface area contributed by atoms with Gasteiger partial charge in [-0.15, -0.1) is 0 Å². The third-order valence-electron chi connectivity index (χ3n) is 3.90. The SMILES string of the molecule is O=C(C1CNc2ccccc2C1)N1CC(CO)C1. The summed E-state index contributed by atoms with van der Waals surface area (Å²) in [5, 5.41) is 12.3. The number of carbonyl (C=O) groups excluding carboxylic acids is 1. The molecule has 2 aliphatic heterocycles. The number of nitrogens with one attached hydrogen (secondary N) is 1. The van der Waals surface area contributed by atoms with Crippen LogP contribution in [0.1, 0.15) is 5.56 Å². The van der Waals surface area contributed by atoms with E-state index in [1.54, 1.807) is 0 Å². The van der Waals surface area contributed by atoms with Crippen LogP contribution in [0, 0.1) is 11.8 Å². The number of likely N-dealkylation sites (tertiary alicyclic amines) is 1. The number of anilines is 1. The summed E-state index contributed by atoms with van der Waals surface area (Å²) in [5.74, 6) is 0.555. The van der Waals surface area contributed by atoms with Crippen LogP contribution < -0.4 is 5.32 Å². The Hall–Kier alpha value is -1.55. The highest BCUT2D eigenvalue weighted by atomic mass is 16.3. The number of para-hydroxylation sites is 1. The molecule has 1 aromatic carbocycles. The van der Waals surface area contributed by atoms with Crippen LogP contribution in [0.15, 0.2) is 24.3 Å². The van der Waals surface area contributed by atoms with Crippen molar-refractivity contribution < 1.29 is 9.90 Å². The van der Waals surface area contributed by atoms with Gasteiger partial charge in [0, 0.05) is 37.8 Å². The minimum atomic E-state index is 0.0412. The number of aliphatic hydroxyl groups excluding tert-OH is 1. The highest BCUT2D eigenvalue weighted by molar-refractivity contribution is 5.81. The molecule has 1 aromatic rings. The first-order valence-electron chi connectivity index (χ1n) is 6.49. The van der Waals surface area contributed by atoms with Crippen molar-refractivity contribution in [3.8, 4) is 0 Å². The first-order chi connectivity index (χ1) is 8.78. The van der Waals surface area contributed by atoms with Crippen LogP contribution >= 0.6 is 0 Å². The lowest BCUT2D eigenvalue weighted by Gasteiger charge is -2.41. The van der Waals surface area contributed by atoms with Gasteiger partial charge >= 0.3 is 0 Å². The largest absolute Gasteiger partial charge is 0.396 e. The van der Waals surface area contributed by atoms with Crippen LogP contribution in [0.3, 0.4) is 0 Å². The van der Waals surface area contributed by atoms with Gasteiger partial charge in [-0.1, -0.05) is 18.2 Å². The Morgan fingerprint density at radius 1 is 1.39 bits per heavy atom. The number of rotatable bonds is 2. The molecule has 2 heterocycles. The second-order valence-electron chi connectivity index (χ2n) is 5.23. The number of hydrogen-bond donors (Lipinski definition) is 2. The fraction of sp³-hybridized carbons (Fsp3) is 0.500. The van der Waals surface area contributed by atoms with Crippen LogP contribution in [-0.4, -0.2) is 42.2 Å². The summed E-state index contributed by atoms with van der Waals surface area (Å²) < 4.78 is 0. The predicted molar refractivity (Wildman–Crippen MR) is 69.3 cm³/mol. The van der Waals surface area contributed by atoms with E-state index in [-0.39, 0.29) is 24.3 Å². The molecule has 1 unspecified atom stereocenters. The van der Waals surface area contributed by atoms with Gasteiger partial charge in [0.25, 0.3) is 0 Å². The molecule has 2 N–H and O–H groups in total. The molecule has 0 radical (unpaired) electrons. The normalized spacial score (nSPS) is 22.9. The lowest BCUT2D eigenvalue weighted by Crippen LogP contribution is -2.54. The molecule has 0 bridgehead atoms. The molecule has 0 spiro atoms. The highest BCUT2D eigenvalue weighted by Gasteiger charge is 2.35. The molecule has 1 atom stereocenters. The van der Waals surface area contributed by atoms with Crippen LogP contribution in [0.25, 0.3) is 0 Å². The van der Waals surface area contributed by atoms with Gasteiger partial charge in [-0.25, -0.2) is 0 Å². The summed E-state index contributed by atoms with van der Waals surface area (Å²) in [6.45, 7) is 2.34. The maximum Gasteiger partial charge on any atom is 0.227 e. The summed E-state index contributed by atoms with van der Waals surface area (Å²) in [7, 11) is 0. The van der Waals surface area contributed by atoms with Gasteiger partial charge in [0.2, 0.25) is 5.91 Å². The van der Waals surface area contributed by atoms with Crippen LogP contribution in [0.5, 0.6) is 0 Å². The average Bonchev–Trinajstić information content (AvgIpc) is 2.37. The number of aliphatic hydroxyl groups is 1. The quantitative estimate of drug-likeness (QED) is 0.808. The van der Waals surface area contributed by atoms with Gasteiger partial charge in [0.05, 0.1) is 5.92 Å². The zero-order chi connectivity index (χ0) is 12.5. The second kappa shape index (κ2) is 4.61. The molecule has 0 aliphatic carbocycles. The summed E-state index contributed by atoms with van der Waals surface area (Å²) in [6.07, 6.45) is 0.822. The minimum absolute atomic E-state index is 0.0412. The molecular weight excluding hydrogens is 228 g/mol. The van der Waals surface area contributed by atoms with Crippen molar-refractivity contribution in [2.75, 3.05) is 31.6 Å². The fourth-order valence-electron chi connectivity index (χ4n) is 2.74. The molecule has 4 heteroatoms. The molecule has 3 rings (SSSR count).